The third-order valence-electron chi connectivity index (χ3n) is 4.76. The van der Waals surface area contributed by atoms with E-state index in [1.807, 2.05) is 0 Å². The van der Waals surface area contributed by atoms with Gasteiger partial charge in [-0.05, 0) is 43.9 Å². The predicted molar refractivity (Wildman–Crippen MR) is 85.9 cm³/mol. The van der Waals surface area contributed by atoms with Crippen LogP contribution in [0.15, 0.2) is 42.5 Å². The summed E-state index contributed by atoms with van der Waals surface area (Å²) in [5.74, 6) is 1.34. The SMILES string of the molecule is Cc1ccccc1-n1c(C)[n+]2c3c(cccc31)CCCC2. The smallest absolute Gasteiger partial charge is 0.227 e. The van der Waals surface area contributed by atoms with Crippen LogP contribution in [-0.4, -0.2) is 4.57 Å². The Bertz CT molecular complexity index is 827. The summed E-state index contributed by atoms with van der Waals surface area (Å²) in [4.78, 5) is 0. The second kappa shape index (κ2) is 4.73. The van der Waals surface area contributed by atoms with Gasteiger partial charge in [-0.1, -0.05) is 30.3 Å². The number of aryl methyl sites for hydroxylation is 3. The van der Waals surface area contributed by atoms with E-state index in [9.17, 15) is 0 Å². The Labute approximate surface area is 125 Å². The minimum Gasteiger partial charge on any atom is -0.227 e. The molecule has 0 aliphatic carbocycles. The molecular formula is C19H21N2+. The highest BCUT2D eigenvalue weighted by Crippen LogP contribution is 2.27. The molecule has 0 saturated carbocycles. The monoisotopic (exact) mass is 277 g/mol. The lowest BCUT2D eigenvalue weighted by molar-refractivity contribution is -0.677. The first kappa shape index (κ1) is 12.6. The summed E-state index contributed by atoms with van der Waals surface area (Å²) in [6, 6.07) is 15.4. The van der Waals surface area contributed by atoms with E-state index in [1.165, 1.54) is 52.9 Å². The van der Waals surface area contributed by atoms with Crippen LogP contribution in [0.25, 0.3) is 16.7 Å². The Hall–Kier alpha value is -2.09. The van der Waals surface area contributed by atoms with Gasteiger partial charge >= 0.3 is 0 Å². The number of benzene rings is 2. The number of imidazole rings is 1. The molecular weight excluding hydrogens is 256 g/mol. The molecule has 4 rings (SSSR count). The van der Waals surface area contributed by atoms with Gasteiger partial charge in [0.2, 0.25) is 0 Å². The minimum absolute atomic E-state index is 1.14. The van der Waals surface area contributed by atoms with E-state index in [0.717, 1.165) is 6.54 Å². The third kappa shape index (κ3) is 1.82. The van der Waals surface area contributed by atoms with Crippen LogP contribution in [-0.2, 0) is 13.0 Å². The molecule has 0 saturated heterocycles. The van der Waals surface area contributed by atoms with Crippen LogP contribution in [0.3, 0.4) is 0 Å². The van der Waals surface area contributed by atoms with E-state index in [2.05, 4.69) is 65.4 Å². The van der Waals surface area contributed by atoms with Crippen molar-refractivity contribution in [1.29, 1.82) is 0 Å². The van der Waals surface area contributed by atoms with Gasteiger partial charge in [-0.2, -0.15) is 4.57 Å². The Balaban J connectivity index is 2.12. The number of aromatic nitrogens is 2. The maximum Gasteiger partial charge on any atom is 0.259 e. The van der Waals surface area contributed by atoms with Crippen molar-refractivity contribution in [2.45, 2.75) is 39.7 Å². The highest BCUT2D eigenvalue weighted by molar-refractivity contribution is 5.78. The van der Waals surface area contributed by atoms with Gasteiger partial charge < -0.3 is 0 Å². The van der Waals surface area contributed by atoms with Crippen LogP contribution < -0.4 is 4.57 Å². The molecule has 0 bridgehead atoms. The first-order valence-corrected chi connectivity index (χ1v) is 7.86. The predicted octanol–water partition coefficient (Wildman–Crippen LogP) is 3.87. The fraction of sp³-hybridized carbons (Fsp3) is 0.316. The van der Waals surface area contributed by atoms with Crippen molar-refractivity contribution in [1.82, 2.24) is 4.57 Å². The quantitative estimate of drug-likeness (QED) is 0.597. The Morgan fingerprint density at radius 3 is 2.67 bits per heavy atom. The van der Waals surface area contributed by atoms with Crippen LogP contribution in [0.1, 0.15) is 29.8 Å². The average Bonchev–Trinajstić information content (AvgIpc) is 2.65. The molecule has 0 fully saturated rings. The Morgan fingerprint density at radius 2 is 1.81 bits per heavy atom. The molecule has 0 amide bonds. The van der Waals surface area contributed by atoms with Crippen LogP contribution in [0.5, 0.6) is 0 Å². The van der Waals surface area contributed by atoms with Gasteiger partial charge in [-0.15, -0.1) is 0 Å². The van der Waals surface area contributed by atoms with Crippen molar-refractivity contribution in [3.05, 3.63) is 59.4 Å². The maximum atomic E-state index is 2.52. The average molecular weight is 277 g/mol. The van der Waals surface area contributed by atoms with Gasteiger partial charge in [-0.25, -0.2) is 4.57 Å². The number of para-hydroxylation sites is 2. The summed E-state index contributed by atoms with van der Waals surface area (Å²) in [5.41, 5.74) is 6.92. The standard InChI is InChI=1S/C19H21N2/c1-14-8-3-4-11-17(14)21-15(2)20-13-6-5-9-16-10-7-12-18(21)19(16)20/h3-4,7-8,10-12H,5-6,9,13H2,1-2H3/q+1. The van der Waals surface area contributed by atoms with Crippen LogP contribution in [0.2, 0.25) is 0 Å². The van der Waals surface area contributed by atoms with E-state index >= 15 is 0 Å². The number of hydrogen-bond acceptors (Lipinski definition) is 0. The molecule has 0 radical (unpaired) electrons. The molecule has 1 aliphatic heterocycles. The van der Waals surface area contributed by atoms with E-state index < -0.39 is 0 Å². The number of hydrogen-bond donors (Lipinski definition) is 0. The first-order valence-electron chi connectivity index (χ1n) is 7.86. The summed E-state index contributed by atoms with van der Waals surface area (Å²) in [6.45, 7) is 5.58. The zero-order valence-corrected chi connectivity index (χ0v) is 12.8. The molecule has 106 valence electrons. The Kier molecular flexibility index (Phi) is 2.85. The van der Waals surface area contributed by atoms with Crippen molar-refractivity contribution >= 4 is 11.0 Å². The molecule has 3 aromatic rings. The van der Waals surface area contributed by atoms with E-state index in [-0.39, 0.29) is 0 Å². The van der Waals surface area contributed by atoms with Gasteiger partial charge in [0.15, 0.2) is 11.0 Å². The molecule has 0 atom stereocenters. The molecule has 1 aromatic heterocycles. The molecule has 0 spiro atoms. The lowest BCUT2D eigenvalue weighted by atomic mass is 10.1. The zero-order valence-electron chi connectivity index (χ0n) is 12.8. The zero-order chi connectivity index (χ0) is 14.4. The molecule has 1 aliphatic rings. The lowest BCUT2D eigenvalue weighted by Gasteiger charge is -2.04. The molecule has 21 heavy (non-hydrogen) atoms. The lowest BCUT2D eigenvalue weighted by Crippen LogP contribution is -2.36. The van der Waals surface area contributed by atoms with Gasteiger partial charge in [0, 0.05) is 12.5 Å². The molecule has 2 nitrogen and oxygen atoms in total. The van der Waals surface area contributed by atoms with Crippen LogP contribution in [0.4, 0.5) is 0 Å². The molecule has 2 aromatic carbocycles. The highest BCUT2D eigenvalue weighted by Gasteiger charge is 2.27. The summed E-state index contributed by atoms with van der Waals surface area (Å²) in [6.07, 6.45) is 3.77. The van der Waals surface area contributed by atoms with Crippen molar-refractivity contribution in [3.8, 4) is 5.69 Å². The largest absolute Gasteiger partial charge is 0.259 e. The van der Waals surface area contributed by atoms with Crippen molar-refractivity contribution in [2.24, 2.45) is 0 Å². The third-order valence-corrected chi connectivity index (χ3v) is 4.76. The fourth-order valence-corrected chi connectivity index (χ4v) is 3.71. The summed E-state index contributed by atoms with van der Waals surface area (Å²) in [5, 5.41) is 0. The van der Waals surface area contributed by atoms with E-state index in [1.54, 1.807) is 0 Å². The van der Waals surface area contributed by atoms with E-state index in [0.29, 0.717) is 0 Å². The van der Waals surface area contributed by atoms with Gasteiger partial charge in [0.25, 0.3) is 5.82 Å². The van der Waals surface area contributed by atoms with Crippen LogP contribution in [0, 0.1) is 13.8 Å². The van der Waals surface area contributed by atoms with Gasteiger partial charge in [-0.3, -0.25) is 0 Å². The van der Waals surface area contributed by atoms with E-state index in [4.69, 9.17) is 0 Å². The molecule has 0 N–H and O–H groups in total. The topological polar surface area (TPSA) is 8.81 Å². The Morgan fingerprint density at radius 1 is 0.952 bits per heavy atom. The second-order valence-corrected chi connectivity index (χ2v) is 6.06. The van der Waals surface area contributed by atoms with Crippen molar-refractivity contribution < 1.29 is 4.57 Å². The first-order chi connectivity index (χ1) is 10.3. The second-order valence-electron chi connectivity index (χ2n) is 6.06. The van der Waals surface area contributed by atoms with Crippen molar-refractivity contribution in [2.75, 3.05) is 0 Å². The van der Waals surface area contributed by atoms with Crippen molar-refractivity contribution in [3.63, 3.8) is 0 Å². The maximum absolute atomic E-state index is 2.52. The normalized spacial score (nSPS) is 14.4. The summed E-state index contributed by atoms with van der Waals surface area (Å²) < 4.78 is 4.95. The highest BCUT2D eigenvalue weighted by atomic mass is 15.2. The molecule has 2 heterocycles. The number of rotatable bonds is 1. The number of nitrogens with zero attached hydrogens (tertiary/aromatic N) is 2. The summed E-state index contributed by atoms with van der Waals surface area (Å²) >= 11 is 0. The fourth-order valence-electron chi connectivity index (χ4n) is 3.71. The summed E-state index contributed by atoms with van der Waals surface area (Å²) in [7, 11) is 0. The van der Waals surface area contributed by atoms with Gasteiger partial charge in [0.05, 0.1) is 6.54 Å². The molecule has 2 heteroatoms. The van der Waals surface area contributed by atoms with Gasteiger partial charge in [0.1, 0.15) is 5.69 Å². The molecule has 0 unspecified atom stereocenters. The van der Waals surface area contributed by atoms with Crippen LogP contribution >= 0.6 is 0 Å². The minimum atomic E-state index is 1.14.